The first-order valence-electron chi connectivity index (χ1n) is 7.82. The van der Waals surface area contributed by atoms with Gasteiger partial charge in [-0.3, -0.25) is 9.59 Å². The maximum Gasteiger partial charge on any atom is 0.219 e. The Morgan fingerprint density at radius 1 is 0.800 bits per heavy atom. The van der Waals surface area contributed by atoms with E-state index in [9.17, 15) is 9.59 Å². The molecule has 0 fully saturated rings. The zero-order valence-corrected chi connectivity index (χ0v) is 16.9. The first kappa shape index (κ1) is 19.9. The SMILES string of the molecule is C=C(C)C(=O)Sc1ccc(Sc2ccc(SC(=O)C(C)C)cc2)cc1. The van der Waals surface area contributed by atoms with E-state index < -0.39 is 0 Å². The molecule has 0 heterocycles. The molecule has 2 aromatic carbocycles. The van der Waals surface area contributed by atoms with Gasteiger partial charge in [0.1, 0.15) is 0 Å². The van der Waals surface area contributed by atoms with Gasteiger partial charge in [-0.1, -0.05) is 44.0 Å². The lowest BCUT2D eigenvalue weighted by atomic mass is 10.3. The molecular weight excluding hydrogens is 368 g/mol. The number of rotatable bonds is 6. The Bertz CT molecular complexity index is 763. The Kier molecular flexibility index (Phi) is 7.41. The lowest BCUT2D eigenvalue weighted by molar-refractivity contribution is -0.113. The van der Waals surface area contributed by atoms with Crippen LogP contribution < -0.4 is 0 Å². The van der Waals surface area contributed by atoms with Gasteiger partial charge < -0.3 is 0 Å². The van der Waals surface area contributed by atoms with Gasteiger partial charge in [-0.05, 0) is 72.8 Å². The van der Waals surface area contributed by atoms with E-state index in [2.05, 4.69) is 6.58 Å². The maximum absolute atomic E-state index is 11.8. The van der Waals surface area contributed by atoms with Crippen LogP contribution in [0.2, 0.25) is 0 Å². The Morgan fingerprint density at radius 2 is 1.20 bits per heavy atom. The van der Waals surface area contributed by atoms with Crippen LogP contribution in [0, 0.1) is 5.92 Å². The largest absolute Gasteiger partial charge is 0.287 e. The summed E-state index contributed by atoms with van der Waals surface area (Å²) in [6.45, 7) is 9.20. The summed E-state index contributed by atoms with van der Waals surface area (Å²) >= 11 is 4.13. The van der Waals surface area contributed by atoms with Crippen molar-refractivity contribution in [3.8, 4) is 0 Å². The average molecular weight is 389 g/mol. The second-order valence-corrected chi connectivity index (χ2v) is 9.06. The molecule has 2 nitrogen and oxygen atoms in total. The summed E-state index contributed by atoms with van der Waals surface area (Å²) in [5, 5.41) is 0.169. The van der Waals surface area contributed by atoms with Crippen molar-refractivity contribution in [2.24, 2.45) is 5.92 Å². The summed E-state index contributed by atoms with van der Waals surface area (Å²) in [4.78, 5) is 27.5. The van der Waals surface area contributed by atoms with Crippen molar-refractivity contribution in [3.63, 3.8) is 0 Å². The third kappa shape index (κ3) is 6.42. The van der Waals surface area contributed by atoms with E-state index in [0.29, 0.717) is 5.57 Å². The van der Waals surface area contributed by atoms with E-state index in [4.69, 9.17) is 0 Å². The highest BCUT2D eigenvalue weighted by Crippen LogP contribution is 2.32. The van der Waals surface area contributed by atoms with E-state index in [-0.39, 0.29) is 16.1 Å². The lowest BCUT2D eigenvalue weighted by Gasteiger charge is -2.06. The summed E-state index contributed by atoms with van der Waals surface area (Å²) in [5.41, 5.74) is 0.553. The lowest BCUT2D eigenvalue weighted by Crippen LogP contribution is -2.00. The third-order valence-corrected chi connectivity index (χ3v) is 6.37. The van der Waals surface area contributed by atoms with Gasteiger partial charge in [0, 0.05) is 25.5 Å². The molecule has 0 saturated carbocycles. The Labute approximate surface area is 161 Å². The molecule has 5 heteroatoms. The van der Waals surface area contributed by atoms with Gasteiger partial charge in [0.15, 0.2) is 5.12 Å². The fraction of sp³-hybridized carbons (Fsp3) is 0.200. The predicted molar refractivity (Wildman–Crippen MR) is 108 cm³/mol. The van der Waals surface area contributed by atoms with Gasteiger partial charge >= 0.3 is 0 Å². The van der Waals surface area contributed by atoms with Gasteiger partial charge in [0.25, 0.3) is 0 Å². The molecule has 0 unspecified atom stereocenters. The summed E-state index contributed by atoms with van der Waals surface area (Å²) in [5.74, 6) is 0.0344. The predicted octanol–water partition coefficient (Wildman–Crippen LogP) is 6.31. The number of carbonyl (C=O) groups excluding carboxylic acids is 2. The highest BCUT2D eigenvalue weighted by molar-refractivity contribution is 8.14. The van der Waals surface area contributed by atoms with Crippen LogP contribution in [0.1, 0.15) is 20.8 Å². The highest BCUT2D eigenvalue weighted by atomic mass is 32.2. The molecule has 0 atom stereocenters. The molecule has 0 spiro atoms. The van der Waals surface area contributed by atoms with Crippen LogP contribution in [0.25, 0.3) is 0 Å². The quantitative estimate of drug-likeness (QED) is 0.428. The Hall–Kier alpha value is -1.43. The molecule has 0 amide bonds. The van der Waals surface area contributed by atoms with Gasteiger partial charge in [-0.2, -0.15) is 0 Å². The van der Waals surface area contributed by atoms with Crippen molar-refractivity contribution in [2.75, 3.05) is 0 Å². The first-order valence-corrected chi connectivity index (χ1v) is 10.3. The van der Waals surface area contributed by atoms with Crippen LogP contribution in [-0.2, 0) is 9.59 Å². The average Bonchev–Trinajstić information content (AvgIpc) is 2.58. The molecule has 0 aromatic heterocycles. The highest BCUT2D eigenvalue weighted by Gasteiger charge is 2.09. The van der Waals surface area contributed by atoms with Crippen molar-refractivity contribution < 1.29 is 9.59 Å². The summed E-state index contributed by atoms with van der Waals surface area (Å²) < 4.78 is 0. The van der Waals surface area contributed by atoms with Crippen molar-refractivity contribution in [2.45, 2.75) is 40.4 Å². The molecule has 130 valence electrons. The van der Waals surface area contributed by atoms with Gasteiger partial charge in [-0.15, -0.1) is 0 Å². The van der Waals surface area contributed by atoms with Crippen molar-refractivity contribution in [1.29, 1.82) is 0 Å². The minimum atomic E-state index is -0.00978. The second-order valence-electron chi connectivity index (χ2n) is 5.79. The molecule has 2 aromatic rings. The molecule has 0 aliphatic rings. The van der Waals surface area contributed by atoms with Crippen LogP contribution >= 0.6 is 35.3 Å². The monoisotopic (exact) mass is 388 g/mol. The molecule has 0 bridgehead atoms. The van der Waals surface area contributed by atoms with E-state index in [0.717, 1.165) is 19.6 Å². The molecule has 0 aliphatic heterocycles. The molecule has 0 N–H and O–H groups in total. The zero-order valence-electron chi connectivity index (χ0n) is 14.4. The van der Waals surface area contributed by atoms with E-state index in [1.165, 1.54) is 23.5 Å². The number of hydrogen-bond acceptors (Lipinski definition) is 5. The van der Waals surface area contributed by atoms with Crippen molar-refractivity contribution in [1.82, 2.24) is 0 Å². The summed E-state index contributed by atoms with van der Waals surface area (Å²) in [6.07, 6.45) is 0. The van der Waals surface area contributed by atoms with Crippen LogP contribution in [0.15, 0.2) is 80.3 Å². The molecule has 0 aliphatic carbocycles. The van der Waals surface area contributed by atoms with Gasteiger partial charge in [0.05, 0.1) is 0 Å². The number of hydrogen-bond donors (Lipinski definition) is 0. The molecule has 0 saturated heterocycles. The van der Waals surface area contributed by atoms with Crippen LogP contribution in [-0.4, -0.2) is 10.2 Å². The molecular formula is C20H20O2S3. The van der Waals surface area contributed by atoms with Gasteiger partial charge in [-0.25, -0.2) is 0 Å². The van der Waals surface area contributed by atoms with Crippen LogP contribution in [0.4, 0.5) is 0 Å². The molecule has 25 heavy (non-hydrogen) atoms. The molecule has 2 rings (SSSR count). The standard InChI is InChI=1S/C20H20O2S3/c1-13(2)19(21)24-17-9-5-15(6-10-17)23-16-7-11-18(12-8-16)25-20(22)14(3)4/h5-12,14H,1H2,2-4H3. The van der Waals surface area contributed by atoms with Gasteiger partial charge in [0.2, 0.25) is 5.12 Å². The second kappa shape index (κ2) is 9.32. The number of thioether (sulfide) groups is 2. The minimum Gasteiger partial charge on any atom is -0.287 e. The smallest absolute Gasteiger partial charge is 0.219 e. The fourth-order valence-corrected chi connectivity index (χ4v) is 3.93. The normalized spacial score (nSPS) is 10.7. The molecule has 0 radical (unpaired) electrons. The Balaban J connectivity index is 1.96. The fourth-order valence-electron chi connectivity index (χ4n) is 1.72. The van der Waals surface area contributed by atoms with Crippen LogP contribution in [0.3, 0.4) is 0 Å². The summed E-state index contributed by atoms with van der Waals surface area (Å²) in [7, 11) is 0. The van der Waals surface area contributed by atoms with Crippen molar-refractivity contribution >= 4 is 45.5 Å². The first-order chi connectivity index (χ1) is 11.8. The van der Waals surface area contributed by atoms with E-state index in [1.807, 2.05) is 62.4 Å². The topological polar surface area (TPSA) is 34.1 Å². The van der Waals surface area contributed by atoms with Crippen LogP contribution in [0.5, 0.6) is 0 Å². The number of carbonyl (C=O) groups is 2. The third-order valence-electron chi connectivity index (χ3n) is 3.13. The van der Waals surface area contributed by atoms with E-state index in [1.54, 1.807) is 18.7 Å². The summed E-state index contributed by atoms with van der Waals surface area (Å²) in [6, 6.07) is 15.9. The Morgan fingerprint density at radius 3 is 1.60 bits per heavy atom. The number of benzene rings is 2. The van der Waals surface area contributed by atoms with Crippen molar-refractivity contribution in [3.05, 3.63) is 60.7 Å². The maximum atomic E-state index is 11.8. The minimum absolute atomic E-state index is 0.00978. The zero-order chi connectivity index (χ0) is 18.4. The van der Waals surface area contributed by atoms with E-state index >= 15 is 0 Å².